The van der Waals surface area contributed by atoms with Crippen LogP contribution in [0.25, 0.3) is 0 Å². The first kappa shape index (κ1) is 15.7. The molecular formula is C11H12Cl2N2O4. The van der Waals surface area contributed by atoms with E-state index in [1.807, 2.05) is 0 Å². The average molecular weight is 307 g/mol. The fourth-order valence-corrected chi connectivity index (χ4v) is 1.88. The van der Waals surface area contributed by atoms with Crippen molar-refractivity contribution in [2.24, 2.45) is 0 Å². The number of aliphatic carboxylic acids is 1. The molecule has 8 heteroatoms. The number of hydrogen-bond donors (Lipinski definition) is 1. The highest BCUT2D eigenvalue weighted by molar-refractivity contribution is 6.42. The predicted octanol–water partition coefficient (Wildman–Crippen LogP) is 2.81. The first-order valence-corrected chi connectivity index (χ1v) is 6.05. The molecule has 0 fully saturated rings. The number of hydrogen-bond acceptors (Lipinski definition) is 4. The van der Waals surface area contributed by atoms with Crippen molar-refractivity contribution in [3.8, 4) is 0 Å². The monoisotopic (exact) mass is 306 g/mol. The fourth-order valence-electron chi connectivity index (χ4n) is 1.48. The number of likely N-dealkylation sites (N-methyl/N-ethyl adjacent to an activating group) is 1. The van der Waals surface area contributed by atoms with Crippen molar-refractivity contribution in [2.45, 2.75) is 19.5 Å². The van der Waals surface area contributed by atoms with Crippen LogP contribution in [0.2, 0.25) is 10.0 Å². The topological polar surface area (TPSA) is 83.7 Å². The molecule has 1 atom stereocenters. The molecule has 0 aliphatic heterocycles. The Labute approximate surface area is 119 Å². The minimum absolute atomic E-state index is 0.0170. The summed E-state index contributed by atoms with van der Waals surface area (Å²) >= 11 is 11.8. The van der Waals surface area contributed by atoms with Gasteiger partial charge in [0.25, 0.3) is 5.69 Å². The first-order chi connectivity index (χ1) is 8.75. The van der Waals surface area contributed by atoms with Crippen molar-refractivity contribution in [1.29, 1.82) is 0 Å². The zero-order chi connectivity index (χ0) is 14.7. The van der Waals surface area contributed by atoms with E-state index >= 15 is 0 Å². The smallest absolute Gasteiger partial charge is 0.320 e. The molecule has 0 heterocycles. The highest BCUT2D eigenvalue weighted by Crippen LogP contribution is 2.33. The van der Waals surface area contributed by atoms with E-state index in [1.165, 1.54) is 24.0 Å². The summed E-state index contributed by atoms with van der Waals surface area (Å²) in [5, 5.41) is 20.1. The summed E-state index contributed by atoms with van der Waals surface area (Å²) in [7, 11) is 1.54. The normalized spacial score (nSPS) is 12.5. The molecule has 0 saturated heterocycles. The van der Waals surface area contributed by atoms with Crippen LogP contribution in [0.4, 0.5) is 5.69 Å². The standard InChI is InChI=1S/C11H12Cl2N2O4/c1-6(11(16)17)14(2)5-7-9(15(18)19)4-3-8(12)10(7)13/h3-4,6H,5H2,1-2H3,(H,16,17). The number of carboxylic acid groups (broad SMARTS) is 1. The van der Waals surface area contributed by atoms with Gasteiger partial charge >= 0.3 is 5.97 Å². The minimum Gasteiger partial charge on any atom is -0.480 e. The minimum atomic E-state index is -1.02. The van der Waals surface area contributed by atoms with Gasteiger partial charge in [0.15, 0.2) is 0 Å². The SMILES string of the molecule is CC(C(=O)O)N(C)Cc1c([N+](=O)[O-])ccc(Cl)c1Cl. The number of nitro benzene ring substituents is 1. The molecule has 0 aromatic heterocycles. The summed E-state index contributed by atoms with van der Waals surface area (Å²) in [4.78, 5) is 22.7. The number of nitro groups is 1. The molecule has 0 spiro atoms. The van der Waals surface area contributed by atoms with Gasteiger partial charge in [0.05, 0.1) is 20.5 Å². The van der Waals surface area contributed by atoms with Crippen LogP contribution in [0, 0.1) is 10.1 Å². The Morgan fingerprint density at radius 2 is 2.11 bits per heavy atom. The molecule has 1 aromatic carbocycles. The number of carbonyl (C=O) groups is 1. The summed E-state index contributed by atoms with van der Waals surface area (Å²) in [5.41, 5.74) is 0.0219. The molecule has 1 unspecified atom stereocenters. The van der Waals surface area contributed by atoms with Gasteiger partial charge in [0.2, 0.25) is 0 Å². The second kappa shape index (κ2) is 6.18. The molecular weight excluding hydrogens is 295 g/mol. The molecule has 0 aliphatic carbocycles. The maximum Gasteiger partial charge on any atom is 0.320 e. The summed E-state index contributed by atoms with van der Waals surface area (Å²) < 4.78 is 0. The van der Waals surface area contributed by atoms with Crippen LogP contribution in [0.5, 0.6) is 0 Å². The lowest BCUT2D eigenvalue weighted by Gasteiger charge is -2.21. The molecule has 6 nitrogen and oxygen atoms in total. The highest BCUT2D eigenvalue weighted by Gasteiger charge is 2.24. The highest BCUT2D eigenvalue weighted by atomic mass is 35.5. The lowest BCUT2D eigenvalue weighted by molar-refractivity contribution is -0.385. The molecule has 0 saturated carbocycles. The Hall–Kier alpha value is -1.37. The molecule has 1 N–H and O–H groups in total. The average Bonchev–Trinajstić information content (AvgIpc) is 2.33. The van der Waals surface area contributed by atoms with Crippen LogP contribution in [-0.4, -0.2) is 34.0 Å². The molecule has 0 bridgehead atoms. The number of halogens is 2. The van der Waals surface area contributed by atoms with Gasteiger partial charge in [-0.3, -0.25) is 19.8 Å². The Balaban J connectivity index is 3.15. The number of nitrogens with zero attached hydrogens (tertiary/aromatic N) is 2. The predicted molar refractivity (Wildman–Crippen MR) is 71.7 cm³/mol. The Morgan fingerprint density at radius 3 is 2.58 bits per heavy atom. The van der Waals surface area contributed by atoms with Crippen molar-refractivity contribution in [2.75, 3.05) is 7.05 Å². The van der Waals surface area contributed by atoms with Crippen molar-refractivity contribution in [1.82, 2.24) is 4.90 Å². The third kappa shape index (κ3) is 3.56. The fraction of sp³-hybridized carbons (Fsp3) is 0.364. The maximum absolute atomic E-state index is 10.9. The van der Waals surface area contributed by atoms with E-state index in [2.05, 4.69) is 0 Å². The van der Waals surface area contributed by atoms with Crippen LogP contribution in [-0.2, 0) is 11.3 Å². The van der Waals surface area contributed by atoms with Crippen LogP contribution >= 0.6 is 23.2 Å². The van der Waals surface area contributed by atoms with E-state index in [0.717, 1.165) is 0 Å². The van der Waals surface area contributed by atoms with Gasteiger partial charge in [-0.1, -0.05) is 23.2 Å². The lowest BCUT2D eigenvalue weighted by Crippen LogP contribution is -2.35. The quantitative estimate of drug-likeness (QED) is 0.668. The van der Waals surface area contributed by atoms with Gasteiger partial charge in [0, 0.05) is 12.6 Å². The summed E-state index contributed by atoms with van der Waals surface area (Å²) in [6, 6.07) is 1.80. The Morgan fingerprint density at radius 1 is 1.53 bits per heavy atom. The molecule has 1 rings (SSSR count). The van der Waals surface area contributed by atoms with E-state index in [0.29, 0.717) is 0 Å². The molecule has 104 valence electrons. The Bertz CT molecular complexity index is 522. The lowest BCUT2D eigenvalue weighted by atomic mass is 10.1. The van der Waals surface area contributed by atoms with Crippen LogP contribution in [0.1, 0.15) is 12.5 Å². The van der Waals surface area contributed by atoms with Gasteiger partial charge in [-0.05, 0) is 20.0 Å². The largest absolute Gasteiger partial charge is 0.480 e. The van der Waals surface area contributed by atoms with Gasteiger partial charge in [-0.2, -0.15) is 0 Å². The van der Waals surface area contributed by atoms with Crippen molar-refractivity contribution in [3.05, 3.63) is 37.9 Å². The maximum atomic E-state index is 10.9. The van der Waals surface area contributed by atoms with E-state index < -0.39 is 16.9 Å². The first-order valence-electron chi connectivity index (χ1n) is 5.30. The van der Waals surface area contributed by atoms with Crippen LogP contribution < -0.4 is 0 Å². The van der Waals surface area contributed by atoms with E-state index in [-0.39, 0.29) is 27.8 Å². The zero-order valence-electron chi connectivity index (χ0n) is 10.3. The number of benzene rings is 1. The summed E-state index contributed by atoms with van der Waals surface area (Å²) in [6.07, 6.45) is 0. The number of carboxylic acids is 1. The molecule has 0 aliphatic rings. The molecule has 19 heavy (non-hydrogen) atoms. The molecule has 1 aromatic rings. The summed E-state index contributed by atoms with van der Waals surface area (Å²) in [6.45, 7) is 1.50. The molecule has 0 amide bonds. The summed E-state index contributed by atoms with van der Waals surface area (Å²) in [5.74, 6) is -1.02. The van der Waals surface area contributed by atoms with Crippen molar-refractivity contribution >= 4 is 34.9 Å². The second-order valence-electron chi connectivity index (χ2n) is 4.05. The van der Waals surface area contributed by atoms with Gasteiger partial charge in [-0.25, -0.2) is 0 Å². The van der Waals surface area contributed by atoms with Gasteiger partial charge in [-0.15, -0.1) is 0 Å². The third-order valence-electron chi connectivity index (χ3n) is 2.79. The third-order valence-corrected chi connectivity index (χ3v) is 3.64. The van der Waals surface area contributed by atoms with Gasteiger partial charge < -0.3 is 5.11 Å². The van der Waals surface area contributed by atoms with E-state index in [4.69, 9.17) is 28.3 Å². The molecule has 0 radical (unpaired) electrons. The van der Waals surface area contributed by atoms with Gasteiger partial charge in [0.1, 0.15) is 6.04 Å². The van der Waals surface area contributed by atoms with Crippen molar-refractivity contribution < 1.29 is 14.8 Å². The zero-order valence-corrected chi connectivity index (χ0v) is 11.8. The van der Waals surface area contributed by atoms with Crippen LogP contribution in [0.3, 0.4) is 0 Å². The van der Waals surface area contributed by atoms with E-state index in [9.17, 15) is 14.9 Å². The van der Waals surface area contributed by atoms with Crippen molar-refractivity contribution in [3.63, 3.8) is 0 Å². The van der Waals surface area contributed by atoms with E-state index in [1.54, 1.807) is 7.05 Å². The Kier molecular flexibility index (Phi) is 5.11. The second-order valence-corrected chi connectivity index (χ2v) is 4.83. The number of rotatable bonds is 5. The van der Waals surface area contributed by atoms with Crippen LogP contribution in [0.15, 0.2) is 12.1 Å².